The van der Waals surface area contributed by atoms with E-state index in [0.29, 0.717) is 18.8 Å². The Labute approximate surface area is 199 Å². The summed E-state index contributed by atoms with van der Waals surface area (Å²) in [7, 11) is 7.10. The molecule has 180 valence electrons. The molecule has 0 bridgehead atoms. The summed E-state index contributed by atoms with van der Waals surface area (Å²) < 4.78 is 7.27. The number of amides is 2. The van der Waals surface area contributed by atoms with Crippen LogP contribution in [0.2, 0.25) is 0 Å². The first-order valence-corrected chi connectivity index (χ1v) is 11.3. The number of imidazole rings is 1. The lowest BCUT2D eigenvalue weighted by atomic mass is 10.1. The number of piperazine rings is 1. The van der Waals surface area contributed by atoms with Gasteiger partial charge in [0.1, 0.15) is 17.6 Å². The zero-order chi connectivity index (χ0) is 24.4. The lowest BCUT2D eigenvalue weighted by Crippen LogP contribution is -2.60. The van der Waals surface area contributed by atoms with Gasteiger partial charge in [-0.2, -0.15) is 0 Å². The topological polar surface area (TPSA) is 82.9 Å². The molecule has 0 aliphatic carbocycles. The van der Waals surface area contributed by atoms with E-state index in [1.165, 1.54) is 0 Å². The molecular weight excluding hydrogens is 432 g/mol. The number of ether oxygens (including phenoxy) is 1. The minimum Gasteiger partial charge on any atom is -0.497 e. The Morgan fingerprint density at radius 1 is 1.15 bits per heavy atom. The van der Waals surface area contributed by atoms with Crippen molar-refractivity contribution >= 4 is 34.2 Å². The van der Waals surface area contributed by atoms with Gasteiger partial charge in [0, 0.05) is 52.2 Å². The lowest BCUT2D eigenvalue weighted by molar-refractivity contribution is -0.135. The number of likely N-dealkylation sites (N-methyl/N-ethyl adjacent to an activating group) is 1. The van der Waals surface area contributed by atoms with E-state index < -0.39 is 6.04 Å². The summed E-state index contributed by atoms with van der Waals surface area (Å²) in [4.78, 5) is 36.2. The number of anilines is 2. The first kappa shape index (κ1) is 23.6. The molecule has 4 rings (SSSR count). The molecule has 1 saturated heterocycles. The van der Waals surface area contributed by atoms with Gasteiger partial charge in [-0.3, -0.25) is 14.5 Å². The highest BCUT2D eigenvalue weighted by Crippen LogP contribution is 2.23. The summed E-state index contributed by atoms with van der Waals surface area (Å²) in [5.74, 6) is 1.54. The van der Waals surface area contributed by atoms with Crippen molar-refractivity contribution in [3.63, 3.8) is 0 Å². The van der Waals surface area contributed by atoms with E-state index in [1.807, 2.05) is 65.9 Å². The number of aromatic nitrogens is 2. The summed E-state index contributed by atoms with van der Waals surface area (Å²) in [5.41, 5.74) is 3.58. The zero-order valence-electron chi connectivity index (χ0n) is 20.4. The van der Waals surface area contributed by atoms with Crippen molar-refractivity contribution in [2.75, 3.05) is 57.6 Å². The maximum absolute atomic E-state index is 13.0. The fourth-order valence-corrected chi connectivity index (χ4v) is 4.35. The highest BCUT2D eigenvalue weighted by Gasteiger charge is 2.34. The molecular formula is C25H32N6O3. The second-order valence-electron chi connectivity index (χ2n) is 8.83. The largest absolute Gasteiger partial charge is 0.497 e. The second-order valence-corrected chi connectivity index (χ2v) is 8.83. The number of hydrogen-bond donors (Lipinski definition) is 1. The van der Waals surface area contributed by atoms with E-state index in [-0.39, 0.29) is 18.4 Å². The molecule has 2 amide bonds. The number of carbonyl (C=O) groups excluding carboxylic acids is 2. The number of fused-ring (bicyclic) bond motifs is 1. The monoisotopic (exact) mass is 464 g/mol. The highest BCUT2D eigenvalue weighted by molar-refractivity contribution is 5.95. The van der Waals surface area contributed by atoms with Crippen LogP contribution in [0.5, 0.6) is 5.75 Å². The van der Waals surface area contributed by atoms with Gasteiger partial charge in [0.25, 0.3) is 0 Å². The van der Waals surface area contributed by atoms with Crippen molar-refractivity contribution in [1.29, 1.82) is 0 Å². The van der Waals surface area contributed by atoms with Crippen LogP contribution in [0.3, 0.4) is 0 Å². The minimum absolute atomic E-state index is 0.0172. The smallest absolute Gasteiger partial charge is 0.241 e. The summed E-state index contributed by atoms with van der Waals surface area (Å²) in [6.45, 7) is 3.92. The number of hydrogen-bond acceptors (Lipinski definition) is 6. The number of methoxy groups -OCH3 is 1. The van der Waals surface area contributed by atoms with E-state index in [2.05, 4.69) is 15.2 Å². The Morgan fingerprint density at radius 2 is 1.88 bits per heavy atom. The first-order chi connectivity index (χ1) is 16.3. The molecule has 1 fully saturated rings. The van der Waals surface area contributed by atoms with Crippen LogP contribution in [-0.2, 0) is 16.6 Å². The fourth-order valence-electron chi connectivity index (χ4n) is 4.35. The third-order valence-corrected chi connectivity index (χ3v) is 6.39. The van der Waals surface area contributed by atoms with Gasteiger partial charge in [-0.1, -0.05) is 0 Å². The summed E-state index contributed by atoms with van der Waals surface area (Å²) >= 11 is 0. The van der Waals surface area contributed by atoms with Crippen molar-refractivity contribution in [1.82, 2.24) is 19.4 Å². The number of nitrogens with zero attached hydrogens (tertiary/aromatic N) is 5. The molecule has 0 spiro atoms. The van der Waals surface area contributed by atoms with Gasteiger partial charge in [0.05, 0.1) is 24.7 Å². The maximum Gasteiger partial charge on any atom is 0.241 e. The average molecular weight is 465 g/mol. The average Bonchev–Trinajstić information content (AvgIpc) is 3.11. The highest BCUT2D eigenvalue weighted by atomic mass is 16.5. The molecule has 3 aromatic rings. The van der Waals surface area contributed by atoms with Gasteiger partial charge < -0.3 is 24.4 Å². The van der Waals surface area contributed by atoms with Crippen LogP contribution in [0.25, 0.3) is 11.0 Å². The molecule has 1 aliphatic heterocycles. The third kappa shape index (κ3) is 4.84. The zero-order valence-corrected chi connectivity index (χ0v) is 20.4. The summed E-state index contributed by atoms with van der Waals surface area (Å²) in [6, 6.07) is 13.1. The van der Waals surface area contributed by atoms with Crippen molar-refractivity contribution in [2.45, 2.75) is 13.0 Å². The van der Waals surface area contributed by atoms with E-state index in [1.54, 1.807) is 26.1 Å². The molecule has 9 nitrogen and oxygen atoms in total. The molecule has 1 aliphatic rings. The summed E-state index contributed by atoms with van der Waals surface area (Å²) in [6.07, 6.45) is 0. The standard InChI is InChI=1S/C25H32N6O3/c1-17-26-21-14-18(6-11-22(21)29(17)4)27-24(32)16-31-13-12-30(15-23(31)25(33)28(2)3)19-7-9-20(34-5)10-8-19/h6-11,14,23H,12-13,15-16H2,1-5H3,(H,27,32)/t23-/m1/s1. The number of benzene rings is 2. The number of carbonyl (C=O) groups is 2. The van der Waals surface area contributed by atoms with Crippen LogP contribution < -0.4 is 15.0 Å². The number of aryl methyl sites for hydroxylation is 2. The Kier molecular flexibility index (Phi) is 6.74. The number of nitrogens with one attached hydrogen (secondary N) is 1. The van der Waals surface area contributed by atoms with Crippen LogP contribution in [0.1, 0.15) is 5.82 Å². The molecule has 0 unspecified atom stereocenters. The second kappa shape index (κ2) is 9.72. The number of rotatable bonds is 6. The Bertz CT molecular complexity index is 1190. The lowest BCUT2D eigenvalue weighted by Gasteiger charge is -2.42. The molecule has 1 aromatic heterocycles. The van der Waals surface area contributed by atoms with E-state index in [4.69, 9.17) is 4.74 Å². The van der Waals surface area contributed by atoms with Gasteiger partial charge in [-0.25, -0.2) is 4.98 Å². The predicted octanol–water partition coefficient (Wildman–Crippen LogP) is 2.11. The van der Waals surface area contributed by atoms with Crippen molar-refractivity contribution in [2.24, 2.45) is 7.05 Å². The van der Waals surface area contributed by atoms with Crippen LogP contribution in [0.4, 0.5) is 11.4 Å². The van der Waals surface area contributed by atoms with Gasteiger partial charge in [0.2, 0.25) is 11.8 Å². The minimum atomic E-state index is -0.419. The van der Waals surface area contributed by atoms with Crippen LogP contribution >= 0.6 is 0 Å². The summed E-state index contributed by atoms with van der Waals surface area (Å²) in [5, 5.41) is 2.97. The molecule has 1 N–H and O–H groups in total. The van der Waals surface area contributed by atoms with E-state index in [9.17, 15) is 9.59 Å². The quantitative estimate of drug-likeness (QED) is 0.602. The molecule has 2 heterocycles. The van der Waals surface area contributed by atoms with Crippen molar-refractivity contribution < 1.29 is 14.3 Å². The Morgan fingerprint density at radius 3 is 2.56 bits per heavy atom. The SMILES string of the molecule is COc1ccc(N2CCN(CC(=O)Nc3ccc4c(c3)nc(C)n4C)[C@@H](C(=O)N(C)C)C2)cc1. The van der Waals surface area contributed by atoms with Crippen LogP contribution in [0.15, 0.2) is 42.5 Å². The molecule has 0 saturated carbocycles. The molecule has 2 aromatic carbocycles. The molecule has 34 heavy (non-hydrogen) atoms. The normalized spacial score (nSPS) is 16.5. The third-order valence-electron chi connectivity index (χ3n) is 6.39. The molecule has 9 heteroatoms. The van der Waals surface area contributed by atoms with Gasteiger partial charge in [-0.05, 0) is 49.4 Å². The van der Waals surface area contributed by atoms with E-state index in [0.717, 1.165) is 34.8 Å². The van der Waals surface area contributed by atoms with Crippen LogP contribution in [0, 0.1) is 6.92 Å². The maximum atomic E-state index is 13.0. The first-order valence-electron chi connectivity index (χ1n) is 11.3. The Hall–Kier alpha value is -3.59. The van der Waals surface area contributed by atoms with Gasteiger partial charge >= 0.3 is 0 Å². The van der Waals surface area contributed by atoms with Crippen molar-refractivity contribution in [3.05, 3.63) is 48.3 Å². The van der Waals surface area contributed by atoms with E-state index >= 15 is 0 Å². The molecule has 0 radical (unpaired) electrons. The van der Waals surface area contributed by atoms with Gasteiger partial charge in [0.15, 0.2) is 0 Å². The molecule has 1 atom stereocenters. The van der Waals surface area contributed by atoms with Gasteiger partial charge in [-0.15, -0.1) is 0 Å². The Balaban J connectivity index is 1.46. The van der Waals surface area contributed by atoms with Crippen LogP contribution in [-0.4, -0.2) is 84.6 Å². The predicted molar refractivity (Wildman–Crippen MR) is 133 cm³/mol. The fraction of sp³-hybridized carbons (Fsp3) is 0.400. The van der Waals surface area contributed by atoms with Crippen molar-refractivity contribution in [3.8, 4) is 5.75 Å².